The Morgan fingerprint density at radius 2 is 1.60 bits per heavy atom. The Morgan fingerprint density at radius 1 is 1.60 bits per heavy atom. The van der Waals surface area contributed by atoms with Gasteiger partial charge in [-0.2, -0.15) is 0 Å². The van der Waals surface area contributed by atoms with Gasteiger partial charge in [0.25, 0.3) is 0 Å². The highest BCUT2D eigenvalue weighted by Gasteiger charge is 2.04. The summed E-state index contributed by atoms with van der Waals surface area (Å²) in [6, 6.07) is 0. The highest BCUT2D eigenvalue weighted by molar-refractivity contribution is 7.82. The SMILES string of the molecule is [B][P+]([O-])(O)O. The summed E-state index contributed by atoms with van der Waals surface area (Å²) >= 11 is 0. The van der Waals surface area contributed by atoms with E-state index in [0.717, 1.165) is 0 Å². The molecule has 0 aliphatic heterocycles. The van der Waals surface area contributed by atoms with Crippen LogP contribution in [0.15, 0.2) is 0 Å². The highest BCUT2D eigenvalue weighted by atomic mass is 31.2. The van der Waals surface area contributed by atoms with Crippen molar-refractivity contribution in [3.05, 3.63) is 0 Å². The van der Waals surface area contributed by atoms with Crippen LogP contribution >= 0.6 is 7.82 Å². The first-order valence-corrected chi connectivity index (χ1v) is 2.52. The Balaban J connectivity index is 3.02. The van der Waals surface area contributed by atoms with Crippen molar-refractivity contribution in [2.24, 2.45) is 0 Å². The van der Waals surface area contributed by atoms with E-state index >= 15 is 0 Å². The summed E-state index contributed by atoms with van der Waals surface area (Å²) in [6.45, 7) is 0. The molecule has 28 valence electrons. The van der Waals surface area contributed by atoms with Crippen LogP contribution in [0.1, 0.15) is 0 Å². The molecule has 0 heterocycles. The van der Waals surface area contributed by atoms with E-state index in [1.807, 2.05) is 0 Å². The predicted molar refractivity (Wildman–Crippen MR) is 17.1 cm³/mol. The normalized spacial score (nSPS) is 11.8. The van der Waals surface area contributed by atoms with Crippen molar-refractivity contribution >= 4 is 15.4 Å². The van der Waals surface area contributed by atoms with Crippen LogP contribution in [0, 0.1) is 0 Å². The first-order chi connectivity index (χ1) is 2.00. The molecule has 0 aliphatic rings. The lowest BCUT2D eigenvalue weighted by Gasteiger charge is -2.05. The minimum atomic E-state index is -4.14. The lowest BCUT2D eigenvalue weighted by atomic mass is 10.8. The molecule has 0 amide bonds. The van der Waals surface area contributed by atoms with E-state index in [1.165, 1.54) is 0 Å². The molecule has 5 heteroatoms. The van der Waals surface area contributed by atoms with Gasteiger partial charge in [-0.05, 0) is 0 Å². The molecule has 0 aromatic heterocycles. The van der Waals surface area contributed by atoms with Gasteiger partial charge in [-0.15, -0.1) is 0 Å². The van der Waals surface area contributed by atoms with Gasteiger partial charge in [-0.1, -0.05) is 0 Å². The fourth-order valence-corrected chi connectivity index (χ4v) is 0. The Kier molecular flexibility index (Phi) is 1.32. The number of hydrogen-bond acceptors (Lipinski definition) is 3. The molecule has 0 atom stereocenters. The Hall–Kier alpha value is 0.375. The molecule has 2 N–H and O–H groups in total. The third kappa shape index (κ3) is 176. The molecule has 0 bridgehead atoms. The van der Waals surface area contributed by atoms with Crippen LogP contribution in [0.3, 0.4) is 0 Å². The second kappa shape index (κ2) is 1.23. The number of rotatable bonds is 0. The second-order valence-corrected chi connectivity index (χ2v) is 1.77. The van der Waals surface area contributed by atoms with Crippen molar-refractivity contribution in [3.63, 3.8) is 0 Å². The summed E-state index contributed by atoms with van der Waals surface area (Å²) in [5.41, 5.74) is 0. The lowest BCUT2D eigenvalue weighted by Crippen LogP contribution is -2.04. The van der Waals surface area contributed by atoms with Gasteiger partial charge in [0.05, 0.1) is 0 Å². The summed E-state index contributed by atoms with van der Waals surface area (Å²) in [4.78, 5) is 23.9. The molecular weight excluding hydrogens is 89.8 g/mol. The smallest absolute Gasteiger partial charge is 0.436 e. The van der Waals surface area contributed by atoms with Gasteiger partial charge in [0.2, 0.25) is 0 Å². The molecule has 0 aromatic carbocycles. The van der Waals surface area contributed by atoms with Crippen molar-refractivity contribution in [1.29, 1.82) is 0 Å². The van der Waals surface area contributed by atoms with Gasteiger partial charge in [0, 0.05) is 0 Å². The minimum absolute atomic E-state index is 4.02. The molecule has 2 radical (unpaired) electrons. The van der Waals surface area contributed by atoms with Gasteiger partial charge < -0.3 is 4.89 Å². The first-order valence-electron chi connectivity index (χ1n) is 0.841. The van der Waals surface area contributed by atoms with Crippen LogP contribution < -0.4 is 4.89 Å². The lowest BCUT2D eigenvalue weighted by molar-refractivity contribution is -0.199. The maximum atomic E-state index is 9.10. The molecule has 5 heavy (non-hydrogen) atoms. The maximum absolute atomic E-state index is 9.10. The van der Waals surface area contributed by atoms with E-state index in [2.05, 4.69) is 7.57 Å². The number of hydrogen-bond donors (Lipinski definition) is 2. The molecule has 0 saturated heterocycles. The minimum Gasteiger partial charge on any atom is -0.647 e. The molecule has 0 unspecified atom stereocenters. The summed E-state index contributed by atoms with van der Waals surface area (Å²) in [5.74, 6) is 0. The van der Waals surface area contributed by atoms with Gasteiger partial charge in [0.15, 0.2) is 7.82 Å². The predicted octanol–water partition coefficient (Wildman–Crippen LogP) is -1.82. The third-order valence-electron chi connectivity index (χ3n) is 0. The van der Waals surface area contributed by atoms with E-state index in [4.69, 9.17) is 14.7 Å². The molecule has 0 spiro atoms. The van der Waals surface area contributed by atoms with Crippen LogP contribution in [0.5, 0.6) is 0 Å². The zero-order valence-electron chi connectivity index (χ0n) is 2.33. The highest BCUT2D eigenvalue weighted by Crippen LogP contribution is 2.30. The van der Waals surface area contributed by atoms with Crippen LogP contribution in [0.2, 0.25) is 0 Å². The zero-order valence-corrected chi connectivity index (χ0v) is 3.22. The van der Waals surface area contributed by atoms with Crippen molar-refractivity contribution in [2.75, 3.05) is 0 Å². The first kappa shape index (κ1) is 5.37. The van der Waals surface area contributed by atoms with Crippen molar-refractivity contribution in [1.82, 2.24) is 0 Å². The van der Waals surface area contributed by atoms with Crippen molar-refractivity contribution in [3.8, 4) is 0 Å². The maximum Gasteiger partial charge on any atom is 0.436 e. The Bertz CT molecular complexity index is 22.4. The summed E-state index contributed by atoms with van der Waals surface area (Å²) in [5, 5.41) is 0. The molecule has 3 nitrogen and oxygen atoms in total. The van der Waals surface area contributed by atoms with Crippen molar-refractivity contribution < 1.29 is 14.7 Å². The Morgan fingerprint density at radius 3 is 1.60 bits per heavy atom. The molecule has 0 aliphatic carbocycles. The molecule has 0 rings (SSSR count). The van der Waals surface area contributed by atoms with Gasteiger partial charge in [-0.3, -0.25) is 0 Å². The second-order valence-electron chi connectivity index (χ2n) is 0.589. The van der Waals surface area contributed by atoms with Crippen LogP contribution in [0.25, 0.3) is 0 Å². The van der Waals surface area contributed by atoms with E-state index < -0.39 is 7.82 Å². The van der Waals surface area contributed by atoms with Crippen LogP contribution in [0.4, 0.5) is 0 Å². The molecule has 0 saturated carbocycles. The van der Waals surface area contributed by atoms with Gasteiger partial charge >= 0.3 is 7.57 Å². The fourth-order valence-electron chi connectivity index (χ4n) is 0. The van der Waals surface area contributed by atoms with Gasteiger partial charge in [-0.25, -0.2) is 9.79 Å². The average Bonchev–Trinajstić information content (AvgIpc) is 0.722. The summed E-state index contributed by atoms with van der Waals surface area (Å²) in [7, 11) is -0.118. The van der Waals surface area contributed by atoms with E-state index in [-0.39, 0.29) is 0 Å². The van der Waals surface area contributed by atoms with E-state index in [9.17, 15) is 0 Å². The van der Waals surface area contributed by atoms with E-state index in [0.29, 0.717) is 0 Å². The molecular formula is H2BO3P. The molecule has 0 fully saturated rings. The Labute approximate surface area is 31.2 Å². The topological polar surface area (TPSA) is 63.5 Å². The summed E-state index contributed by atoms with van der Waals surface area (Å²) in [6.07, 6.45) is 0. The standard InChI is InChI=1S/BH2O3P/c1-5(2,3)4/h(H2,2,3,4). The zero-order chi connectivity index (χ0) is 4.50. The fraction of sp³-hybridized carbons (Fsp3) is 0. The monoisotopic (exact) mass is 92.0 g/mol. The quantitative estimate of drug-likeness (QED) is 0.273. The van der Waals surface area contributed by atoms with Gasteiger partial charge in [0.1, 0.15) is 0 Å². The summed E-state index contributed by atoms with van der Waals surface area (Å²) < 4.78 is 0. The average molecular weight is 91.8 g/mol. The van der Waals surface area contributed by atoms with E-state index in [1.54, 1.807) is 0 Å². The largest absolute Gasteiger partial charge is 0.647 e. The van der Waals surface area contributed by atoms with Crippen LogP contribution in [-0.4, -0.2) is 17.4 Å². The molecule has 0 aromatic rings. The third-order valence-corrected chi connectivity index (χ3v) is 0. The van der Waals surface area contributed by atoms with Crippen LogP contribution in [-0.2, 0) is 0 Å². The van der Waals surface area contributed by atoms with Crippen molar-refractivity contribution in [2.45, 2.75) is 0 Å².